The van der Waals surface area contributed by atoms with Crippen molar-refractivity contribution in [1.29, 1.82) is 0 Å². The second-order valence-corrected chi connectivity index (χ2v) is 6.62. The van der Waals surface area contributed by atoms with Crippen LogP contribution in [0.2, 0.25) is 0 Å². The van der Waals surface area contributed by atoms with Crippen LogP contribution in [0.4, 0.5) is 0 Å². The molecule has 0 saturated carbocycles. The number of carbonyl (C=O) groups excluding carboxylic acids is 2. The first-order chi connectivity index (χ1) is 13.2. The smallest absolute Gasteiger partial charge is 0.260 e. The van der Waals surface area contributed by atoms with Crippen LogP contribution in [-0.4, -0.2) is 41.4 Å². The molecule has 0 radical (unpaired) electrons. The molecule has 0 atom stereocenters. The van der Waals surface area contributed by atoms with Crippen LogP contribution in [-0.2, 0) is 11.3 Å². The molecule has 6 heteroatoms. The minimum Gasteiger partial charge on any atom is -0.483 e. The van der Waals surface area contributed by atoms with Crippen molar-refractivity contribution in [2.45, 2.75) is 32.2 Å². The highest BCUT2D eigenvalue weighted by Gasteiger charge is 2.18. The third kappa shape index (κ3) is 5.54. The van der Waals surface area contributed by atoms with E-state index in [-0.39, 0.29) is 18.4 Å². The molecule has 1 aromatic carbocycles. The topological polar surface area (TPSA) is 71.5 Å². The number of benzene rings is 1. The molecular weight excluding hydrogens is 342 g/mol. The Morgan fingerprint density at radius 3 is 2.44 bits per heavy atom. The van der Waals surface area contributed by atoms with Crippen molar-refractivity contribution in [3.05, 3.63) is 59.9 Å². The molecule has 0 unspecified atom stereocenters. The van der Waals surface area contributed by atoms with Crippen LogP contribution in [0.3, 0.4) is 0 Å². The van der Waals surface area contributed by atoms with Gasteiger partial charge >= 0.3 is 0 Å². The summed E-state index contributed by atoms with van der Waals surface area (Å²) in [5.41, 5.74) is 1.39. The van der Waals surface area contributed by atoms with Crippen molar-refractivity contribution >= 4 is 11.8 Å². The number of carbonyl (C=O) groups is 2. The summed E-state index contributed by atoms with van der Waals surface area (Å²) in [7, 11) is 0. The van der Waals surface area contributed by atoms with Gasteiger partial charge in [0.2, 0.25) is 0 Å². The predicted molar refractivity (Wildman–Crippen MR) is 102 cm³/mol. The van der Waals surface area contributed by atoms with Crippen LogP contribution in [0.5, 0.6) is 5.75 Å². The molecule has 0 bridgehead atoms. The van der Waals surface area contributed by atoms with E-state index in [1.165, 1.54) is 12.8 Å². The Labute approximate surface area is 159 Å². The summed E-state index contributed by atoms with van der Waals surface area (Å²) in [5, 5.41) is 2.87. The maximum atomic E-state index is 12.5. The molecule has 1 fully saturated rings. The Morgan fingerprint density at radius 2 is 1.70 bits per heavy atom. The number of hydrogen-bond acceptors (Lipinski definition) is 4. The van der Waals surface area contributed by atoms with Crippen LogP contribution in [0.1, 0.15) is 41.6 Å². The molecule has 6 nitrogen and oxygen atoms in total. The molecule has 2 aromatic rings. The highest BCUT2D eigenvalue weighted by Crippen LogP contribution is 2.18. The number of amides is 2. The van der Waals surface area contributed by atoms with Gasteiger partial charge in [0.05, 0.1) is 5.56 Å². The van der Waals surface area contributed by atoms with Crippen molar-refractivity contribution in [2.24, 2.45) is 0 Å². The number of rotatable bonds is 6. The molecule has 0 aliphatic carbocycles. The number of para-hydroxylation sites is 1. The average molecular weight is 367 g/mol. The van der Waals surface area contributed by atoms with Gasteiger partial charge in [-0.25, -0.2) is 0 Å². The highest BCUT2D eigenvalue weighted by molar-refractivity contribution is 5.97. The number of hydrogen-bond donors (Lipinski definition) is 1. The van der Waals surface area contributed by atoms with E-state index < -0.39 is 0 Å². The van der Waals surface area contributed by atoms with E-state index in [4.69, 9.17) is 4.74 Å². The van der Waals surface area contributed by atoms with Crippen molar-refractivity contribution < 1.29 is 14.3 Å². The summed E-state index contributed by atoms with van der Waals surface area (Å²) in [6.07, 6.45) is 7.80. The van der Waals surface area contributed by atoms with Gasteiger partial charge in [0.25, 0.3) is 11.8 Å². The van der Waals surface area contributed by atoms with Gasteiger partial charge in [0.1, 0.15) is 5.75 Å². The zero-order valence-electron chi connectivity index (χ0n) is 15.4. The van der Waals surface area contributed by atoms with Gasteiger partial charge in [-0.1, -0.05) is 25.0 Å². The van der Waals surface area contributed by atoms with E-state index in [1.54, 1.807) is 36.7 Å². The largest absolute Gasteiger partial charge is 0.483 e. The monoisotopic (exact) mass is 367 g/mol. The van der Waals surface area contributed by atoms with E-state index in [1.807, 2.05) is 17.0 Å². The van der Waals surface area contributed by atoms with Gasteiger partial charge in [0, 0.05) is 32.0 Å². The Balaban J connectivity index is 1.58. The maximum Gasteiger partial charge on any atom is 0.260 e. The molecule has 1 aliphatic rings. The third-order valence-electron chi connectivity index (χ3n) is 4.64. The minimum absolute atomic E-state index is 0.0242. The second kappa shape index (κ2) is 9.71. The van der Waals surface area contributed by atoms with E-state index in [0.29, 0.717) is 17.9 Å². The fourth-order valence-electron chi connectivity index (χ4n) is 3.11. The third-order valence-corrected chi connectivity index (χ3v) is 4.64. The Kier molecular flexibility index (Phi) is 6.79. The van der Waals surface area contributed by atoms with Crippen molar-refractivity contribution in [1.82, 2.24) is 15.2 Å². The van der Waals surface area contributed by atoms with Crippen molar-refractivity contribution in [2.75, 3.05) is 19.7 Å². The summed E-state index contributed by atoms with van der Waals surface area (Å²) in [6, 6.07) is 10.7. The number of nitrogens with one attached hydrogen (secondary N) is 1. The molecule has 1 aliphatic heterocycles. The van der Waals surface area contributed by atoms with Crippen molar-refractivity contribution in [3.63, 3.8) is 0 Å². The lowest BCUT2D eigenvalue weighted by atomic mass is 10.2. The maximum absolute atomic E-state index is 12.5. The lowest BCUT2D eigenvalue weighted by Crippen LogP contribution is -2.35. The molecule has 142 valence electrons. The summed E-state index contributed by atoms with van der Waals surface area (Å²) in [6.45, 7) is 1.93. The summed E-state index contributed by atoms with van der Waals surface area (Å²) in [4.78, 5) is 30.8. The van der Waals surface area contributed by atoms with Gasteiger partial charge in [-0.2, -0.15) is 0 Å². The summed E-state index contributed by atoms with van der Waals surface area (Å²) >= 11 is 0. The zero-order valence-corrected chi connectivity index (χ0v) is 15.4. The Hall–Kier alpha value is -2.89. The van der Waals surface area contributed by atoms with E-state index in [0.717, 1.165) is 31.5 Å². The second-order valence-electron chi connectivity index (χ2n) is 6.62. The summed E-state index contributed by atoms with van der Waals surface area (Å²) in [5.74, 6) is 0.168. The zero-order chi connectivity index (χ0) is 18.9. The van der Waals surface area contributed by atoms with E-state index in [2.05, 4.69) is 10.3 Å². The lowest BCUT2D eigenvalue weighted by molar-refractivity contribution is -0.133. The Morgan fingerprint density at radius 1 is 1.00 bits per heavy atom. The summed E-state index contributed by atoms with van der Waals surface area (Å²) < 4.78 is 5.70. The Bertz CT molecular complexity index is 756. The first-order valence-corrected chi connectivity index (χ1v) is 9.41. The molecule has 2 heterocycles. The molecule has 1 saturated heterocycles. The number of nitrogens with zero attached hydrogens (tertiary/aromatic N) is 2. The number of pyridine rings is 1. The molecule has 27 heavy (non-hydrogen) atoms. The fraction of sp³-hybridized carbons (Fsp3) is 0.381. The number of ether oxygens (including phenoxy) is 1. The highest BCUT2D eigenvalue weighted by atomic mass is 16.5. The lowest BCUT2D eigenvalue weighted by Gasteiger charge is -2.20. The van der Waals surface area contributed by atoms with Gasteiger partial charge in [-0.05, 0) is 42.7 Å². The van der Waals surface area contributed by atoms with Crippen LogP contribution in [0.15, 0.2) is 48.8 Å². The van der Waals surface area contributed by atoms with Crippen LogP contribution >= 0.6 is 0 Å². The van der Waals surface area contributed by atoms with Crippen molar-refractivity contribution in [3.8, 4) is 5.75 Å². The first-order valence-electron chi connectivity index (χ1n) is 9.41. The number of likely N-dealkylation sites (tertiary alicyclic amines) is 1. The predicted octanol–water partition coefficient (Wildman–Crippen LogP) is 2.79. The van der Waals surface area contributed by atoms with E-state index >= 15 is 0 Å². The molecule has 1 aromatic heterocycles. The van der Waals surface area contributed by atoms with Crippen LogP contribution in [0.25, 0.3) is 0 Å². The average Bonchev–Trinajstić information content (AvgIpc) is 3.01. The fourth-order valence-corrected chi connectivity index (χ4v) is 3.11. The van der Waals surface area contributed by atoms with Gasteiger partial charge in [-0.15, -0.1) is 0 Å². The molecular formula is C21H25N3O3. The molecule has 0 spiro atoms. The quantitative estimate of drug-likeness (QED) is 0.852. The SMILES string of the molecule is O=C(NCc1ccncc1)c1ccccc1OCC(=O)N1CCCCCC1. The van der Waals surface area contributed by atoms with Gasteiger partial charge < -0.3 is 15.0 Å². The normalized spacial score (nSPS) is 14.3. The van der Waals surface area contributed by atoms with Gasteiger partial charge in [0.15, 0.2) is 6.61 Å². The van der Waals surface area contributed by atoms with E-state index in [9.17, 15) is 9.59 Å². The standard InChI is InChI=1S/C21H25N3O3/c25-20(24-13-5-1-2-6-14-24)16-27-19-8-4-3-7-18(19)21(26)23-15-17-9-11-22-12-10-17/h3-4,7-12H,1-2,5-6,13-16H2,(H,23,26). The van der Waals surface area contributed by atoms with Crippen LogP contribution in [0, 0.1) is 0 Å². The van der Waals surface area contributed by atoms with Gasteiger partial charge in [-0.3, -0.25) is 14.6 Å². The van der Waals surface area contributed by atoms with Crippen LogP contribution < -0.4 is 10.1 Å². The molecule has 3 rings (SSSR count). The molecule has 2 amide bonds. The first kappa shape index (κ1) is 18.9. The molecule has 1 N–H and O–H groups in total. The minimum atomic E-state index is -0.232. The number of aromatic nitrogens is 1.